The summed E-state index contributed by atoms with van der Waals surface area (Å²) in [5.41, 5.74) is 1.63. The number of hydrogen-bond acceptors (Lipinski definition) is 3. The van der Waals surface area contributed by atoms with Crippen LogP contribution in [-0.4, -0.2) is 10.1 Å². The molecular weight excluding hydrogens is 238 g/mol. The fourth-order valence-corrected chi connectivity index (χ4v) is 1.51. The number of halogens is 1. The Bertz CT molecular complexity index is 485. The summed E-state index contributed by atoms with van der Waals surface area (Å²) in [7, 11) is 0. The van der Waals surface area contributed by atoms with Crippen LogP contribution in [0.3, 0.4) is 0 Å². The highest BCUT2D eigenvalue weighted by molar-refractivity contribution is 6.30. The van der Waals surface area contributed by atoms with Crippen molar-refractivity contribution in [2.45, 2.75) is 13.2 Å². The second kappa shape index (κ2) is 5.66. The van der Waals surface area contributed by atoms with E-state index < -0.39 is 0 Å². The molecule has 0 aliphatic heterocycles. The van der Waals surface area contributed by atoms with Gasteiger partial charge in [0.2, 0.25) is 0 Å². The van der Waals surface area contributed by atoms with Gasteiger partial charge in [0.1, 0.15) is 12.4 Å². The number of aliphatic hydroxyl groups excluding tert-OH is 1. The maximum Gasteiger partial charge on any atom is 0.123 e. The Morgan fingerprint density at radius 1 is 1.18 bits per heavy atom. The lowest BCUT2D eigenvalue weighted by atomic mass is 10.2. The van der Waals surface area contributed by atoms with Gasteiger partial charge >= 0.3 is 0 Å². The van der Waals surface area contributed by atoms with Crippen molar-refractivity contribution in [2.75, 3.05) is 0 Å². The monoisotopic (exact) mass is 249 g/mol. The Morgan fingerprint density at radius 2 is 1.94 bits per heavy atom. The third-order valence-electron chi connectivity index (χ3n) is 2.27. The molecule has 0 atom stereocenters. The minimum Gasteiger partial charge on any atom is -0.489 e. The minimum absolute atomic E-state index is 0.0852. The van der Waals surface area contributed by atoms with Crippen LogP contribution in [0, 0.1) is 0 Å². The molecule has 0 unspecified atom stereocenters. The lowest BCUT2D eigenvalue weighted by Gasteiger charge is -2.07. The molecule has 17 heavy (non-hydrogen) atoms. The first kappa shape index (κ1) is 11.9. The van der Waals surface area contributed by atoms with Gasteiger partial charge in [-0.3, -0.25) is 4.98 Å². The average molecular weight is 250 g/mol. The van der Waals surface area contributed by atoms with Gasteiger partial charge in [-0.05, 0) is 23.8 Å². The summed E-state index contributed by atoms with van der Waals surface area (Å²) >= 11 is 5.79. The summed E-state index contributed by atoms with van der Waals surface area (Å²) in [6.45, 7) is 0.379. The number of aromatic nitrogens is 1. The smallest absolute Gasteiger partial charge is 0.123 e. The molecule has 0 fully saturated rings. The maximum atomic E-state index is 8.95. The molecule has 0 spiro atoms. The molecular formula is C13H12ClNO2. The van der Waals surface area contributed by atoms with E-state index in [4.69, 9.17) is 21.4 Å². The first-order valence-electron chi connectivity index (χ1n) is 5.21. The Kier molecular flexibility index (Phi) is 3.96. The fourth-order valence-electron chi connectivity index (χ4n) is 1.38. The molecule has 0 aliphatic carbocycles. The number of ether oxygens (including phenoxy) is 1. The number of rotatable bonds is 4. The Hall–Kier alpha value is -1.58. The number of pyridine rings is 1. The molecule has 2 aromatic rings. The molecule has 0 saturated carbocycles. The topological polar surface area (TPSA) is 42.4 Å². The summed E-state index contributed by atoms with van der Waals surface area (Å²) in [4.78, 5) is 3.98. The molecule has 0 saturated heterocycles. The van der Waals surface area contributed by atoms with Crippen molar-refractivity contribution in [1.82, 2.24) is 4.98 Å². The highest BCUT2D eigenvalue weighted by atomic mass is 35.5. The summed E-state index contributed by atoms with van der Waals surface area (Å²) in [6, 6.07) is 11.0. The number of hydrogen-bond donors (Lipinski definition) is 1. The summed E-state index contributed by atoms with van der Waals surface area (Å²) in [6.07, 6.45) is 1.61. The number of benzene rings is 1. The lowest BCUT2D eigenvalue weighted by molar-refractivity contribution is 0.273. The van der Waals surface area contributed by atoms with E-state index in [9.17, 15) is 0 Å². The van der Waals surface area contributed by atoms with Crippen molar-refractivity contribution in [3.05, 3.63) is 58.9 Å². The second-order valence-corrected chi connectivity index (χ2v) is 3.99. The van der Waals surface area contributed by atoms with Crippen molar-refractivity contribution >= 4 is 11.6 Å². The van der Waals surface area contributed by atoms with E-state index in [0.717, 1.165) is 5.56 Å². The van der Waals surface area contributed by atoms with Crippen molar-refractivity contribution in [1.29, 1.82) is 0 Å². The van der Waals surface area contributed by atoms with Crippen LogP contribution in [0.25, 0.3) is 0 Å². The van der Waals surface area contributed by atoms with Crippen LogP contribution in [0.4, 0.5) is 0 Å². The second-order valence-electron chi connectivity index (χ2n) is 3.56. The van der Waals surface area contributed by atoms with E-state index in [0.29, 0.717) is 23.1 Å². The minimum atomic E-state index is -0.0852. The van der Waals surface area contributed by atoms with Gasteiger partial charge in [-0.25, -0.2) is 0 Å². The van der Waals surface area contributed by atoms with Crippen molar-refractivity contribution in [2.24, 2.45) is 0 Å². The molecule has 1 N–H and O–H groups in total. The first-order valence-corrected chi connectivity index (χ1v) is 5.59. The highest BCUT2D eigenvalue weighted by Gasteiger charge is 1.98. The molecule has 0 radical (unpaired) electrons. The zero-order valence-electron chi connectivity index (χ0n) is 9.14. The van der Waals surface area contributed by atoms with Crippen LogP contribution in [0.5, 0.6) is 5.75 Å². The van der Waals surface area contributed by atoms with E-state index in [1.54, 1.807) is 18.3 Å². The van der Waals surface area contributed by atoms with E-state index in [1.165, 1.54) is 0 Å². The molecule has 0 aliphatic rings. The van der Waals surface area contributed by atoms with Gasteiger partial charge in [-0.2, -0.15) is 0 Å². The zero-order valence-corrected chi connectivity index (χ0v) is 9.89. The lowest BCUT2D eigenvalue weighted by Crippen LogP contribution is -1.97. The molecule has 4 heteroatoms. The number of aliphatic hydroxyl groups is 1. The van der Waals surface area contributed by atoms with Gasteiger partial charge in [0.05, 0.1) is 12.3 Å². The third kappa shape index (κ3) is 3.44. The predicted octanol–water partition coefficient (Wildman–Crippen LogP) is 2.81. The Labute approximate surface area is 105 Å². The standard InChI is InChI=1S/C13H12ClNO2/c14-11-3-1-10(2-4-11)9-17-13-5-6-15-12(7-13)8-16/h1-7,16H,8-9H2. The van der Waals surface area contributed by atoms with Crippen LogP contribution >= 0.6 is 11.6 Å². The van der Waals surface area contributed by atoms with E-state index in [-0.39, 0.29) is 6.61 Å². The quantitative estimate of drug-likeness (QED) is 0.906. The predicted molar refractivity (Wildman–Crippen MR) is 65.9 cm³/mol. The number of nitrogens with zero attached hydrogens (tertiary/aromatic N) is 1. The molecule has 3 nitrogen and oxygen atoms in total. The molecule has 0 bridgehead atoms. The maximum absolute atomic E-state index is 8.95. The molecule has 1 heterocycles. The van der Waals surface area contributed by atoms with Crippen molar-refractivity contribution in [3.63, 3.8) is 0 Å². The van der Waals surface area contributed by atoms with Crippen LogP contribution in [0.2, 0.25) is 5.02 Å². The van der Waals surface area contributed by atoms with Crippen molar-refractivity contribution < 1.29 is 9.84 Å². The summed E-state index contributed by atoms with van der Waals surface area (Å²) in [5, 5.41) is 9.65. The van der Waals surface area contributed by atoms with Gasteiger partial charge in [0.15, 0.2) is 0 Å². The van der Waals surface area contributed by atoms with Gasteiger partial charge < -0.3 is 9.84 Å². The summed E-state index contributed by atoms with van der Waals surface area (Å²) in [5.74, 6) is 0.694. The normalized spacial score (nSPS) is 10.2. The first-order chi connectivity index (χ1) is 8.28. The summed E-state index contributed by atoms with van der Waals surface area (Å²) < 4.78 is 5.58. The molecule has 1 aromatic carbocycles. The van der Waals surface area contributed by atoms with Crippen LogP contribution < -0.4 is 4.74 Å². The fraction of sp³-hybridized carbons (Fsp3) is 0.154. The Morgan fingerprint density at radius 3 is 2.65 bits per heavy atom. The van der Waals surface area contributed by atoms with Crippen LogP contribution in [-0.2, 0) is 13.2 Å². The average Bonchev–Trinajstić information content (AvgIpc) is 2.38. The van der Waals surface area contributed by atoms with E-state index in [1.807, 2.05) is 24.3 Å². The van der Waals surface area contributed by atoms with Gasteiger partial charge in [-0.1, -0.05) is 23.7 Å². The molecule has 88 valence electrons. The van der Waals surface area contributed by atoms with Gasteiger partial charge in [0, 0.05) is 17.3 Å². The SMILES string of the molecule is OCc1cc(OCc2ccc(Cl)cc2)ccn1. The highest BCUT2D eigenvalue weighted by Crippen LogP contribution is 2.15. The molecule has 0 amide bonds. The zero-order chi connectivity index (χ0) is 12.1. The van der Waals surface area contributed by atoms with E-state index in [2.05, 4.69) is 4.98 Å². The van der Waals surface area contributed by atoms with Crippen LogP contribution in [0.15, 0.2) is 42.6 Å². The van der Waals surface area contributed by atoms with Crippen LogP contribution in [0.1, 0.15) is 11.3 Å². The third-order valence-corrected chi connectivity index (χ3v) is 2.52. The van der Waals surface area contributed by atoms with Gasteiger partial charge in [-0.15, -0.1) is 0 Å². The van der Waals surface area contributed by atoms with Crippen molar-refractivity contribution in [3.8, 4) is 5.75 Å². The molecule has 1 aromatic heterocycles. The molecule has 2 rings (SSSR count). The largest absolute Gasteiger partial charge is 0.489 e. The van der Waals surface area contributed by atoms with Gasteiger partial charge in [0.25, 0.3) is 0 Å². The Balaban J connectivity index is 1.99. The van der Waals surface area contributed by atoms with E-state index >= 15 is 0 Å².